The van der Waals surface area contributed by atoms with Gasteiger partial charge in [-0.15, -0.1) is 0 Å². The number of alkyl halides is 2. The van der Waals surface area contributed by atoms with Crippen molar-refractivity contribution in [1.82, 2.24) is 0 Å². The van der Waals surface area contributed by atoms with Crippen molar-refractivity contribution in [3.63, 3.8) is 0 Å². The van der Waals surface area contributed by atoms with E-state index in [1.165, 1.54) is 6.07 Å². The molecule has 0 atom stereocenters. The second-order valence-electron chi connectivity index (χ2n) is 4.21. The number of piperidine rings is 1. The van der Waals surface area contributed by atoms with Gasteiger partial charge < -0.3 is 4.90 Å². The lowest BCUT2D eigenvalue weighted by molar-refractivity contribution is -0.384. The van der Waals surface area contributed by atoms with E-state index >= 15 is 0 Å². The Bertz CT molecular complexity index is 472. The Labute approximate surface area is 111 Å². The van der Waals surface area contributed by atoms with Gasteiger partial charge in [-0.3, -0.25) is 10.1 Å². The molecule has 1 heterocycles. The Hall–Kier alpha value is -1.24. The predicted octanol–water partition coefficient (Wildman–Crippen LogP) is 3.59. The van der Waals surface area contributed by atoms with Crippen molar-refractivity contribution in [1.29, 1.82) is 0 Å². The molecule has 0 aromatic heterocycles. The van der Waals surface area contributed by atoms with E-state index in [2.05, 4.69) is 15.9 Å². The van der Waals surface area contributed by atoms with E-state index in [4.69, 9.17) is 0 Å². The first-order chi connectivity index (χ1) is 8.41. The summed E-state index contributed by atoms with van der Waals surface area (Å²) in [5, 5.41) is 11.0. The van der Waals surface area contributed by atoms with Crippen molar-refractivity contribution in [2.24, 2.45) is 0 Å². The number of para-hydroxylation sites is 1. The highest BCUT2D eigenvalue weighted by atomic mass is 79.9. The third-order valence-corrected chi connectivity index (χ3v) is 3.61. The second-order valence-corrected chi connectivity index (χ2v) is 5.06. The molecule has 18 heavy (non-hydrogen) atoms. The monoisotopic (exact) mass is 320 g/mol. The van der Waals surface area contributed by atoms with Gasteiger partial charge in [-0.2, -0.15) is 0 Å². The third-order valence-electron chi connectivity index (χ3n) is 2.97. The number of hydrogen-bond donors (Lipinski definition) is 0. The summed E-state index contributed by atoms with van der Waals surface area (Å²) in [5.74, 6) is -2.66. The van der Waals surface area contributed by atoms with Crippen LogP contribution in [0.1, 0.15) is 12.8 Å². The molecule has 1 aliphatic heterocycles. The highest BCUT2D eigenvalue weighted by Crippen LogP contribution is 2.39. The highest BCUT2D eigenvalue weighted by Gasteiger charge is 2.36. The normalized spacial score (nSPS) is 18.7. The Morgan fingerprint density at radius 2 is 1.94 bits per heavy atom. The quantitative estimate of drug-likeness (QED) is 0.618. The summed E-state index contributed by atoms with van der Waals surface area (Å²) in [7, 11) is 0. The smallest absolute Gasteiger partial charge is 0.293 e. The number of hydrogen-bond acceptors (Lipinski definition) is 3. The first-order valence-corrected chi connectivity index (χ1v) is 6.26. The number of rotatable bonds is 2. The van der Waals surface area contributed by atoms with Gasteiger partial charge in [-0.25, -0.2) is 8.78 Å². The van der Waals surface area contributed by atoms with E-state index < -0.39 is 10.8 Å². The van der Waals surface area contributed by atoms with Crippen LogP contribution in [-0.2, 0) is 0 Å². The lowest BCUT2D eigenvalue weighted by atomic mass is 10.1. The highest BCUT2D eigenvalue weighted by molar-refractivity contribution is 9.10. The van der Waals surface area contributed by atoms with E-state index in [-0.39, 0.29) is 31.6 Å². The van der Waals surface area contributed by atoms with Crippen LogP contribution in [0.3, 0.4) is 0 Å². The van der Waals surface area contributed by atoms with Crippen LogP contribution >= 0.6 is 15.9 Å². The fourth-order valence-corrected chi connectivity index (χ4v) is 2.63. The van der Waals surface area contributed by atoms with Crippen molar-refractivity contribution >= 4 is 27.3 Å². The number of nitrogens with zero attached hydrogens (tertiary/aromatic N) is 2. The average Bonchev–Trinajstić information content (AvgIpc) is 2.29. The Morgan fingerprint density at radius 1 is 1.33 bits per heavy atom. The van der Waals surface area contributed by atoms with Gasteiger partial charge in [0.2, 0.25) is 0 Å². The molecule has 1 aromatic rings. The second kappa shape index (κ2) is 4.79. The van der Waals surface area contributed by atoms with Crippen LogP contribution in [-0.4, -0.2) is 23.9 Å². The zero-order valence-electron chi connectivity index (χ0n) is 9.41. The van der Waals surface area contributed by atoms with Gasteiger partial charge in [0, 0.05) is 36.5 Å². The SMILES string of the molecule is O=[N+]([O-])c1cccc(Br)c1N1CCC(F)(F)CC1. The molecule has 1 aliphatic rings. The van der Waals surface area contributed by atoms with E-state index in [9.17, 15) is 18.9 Å². The minimum absolute atomic E-state index is 0.0606. The molecular formula is C11H11BrF2N2O2. The summed E-state index contributed by atoms with van der Waals surface area (Å²) >= 11 is 3.25. The van der Waals surface area contributed by atoms with Crippen LogP contribution in [0.2, 0.25) is 0 Å². The number of nitro groups is 1. The summed E-state index contributed by atoms with van der Waals surface area (Å²) in [6.45, 7) is 0.243. The van der Waals surface area contributed by atoms with Gasteiger partial charge in [0.05, 0.1) is 4.92 Å². The Morgan fingerprint density at radius 3 is 2.50 bits per heavy atom. The molecule has 1 fully saturated rings. The molecule has 1 aromatic carbocycles. The summed E-state index contributed by atoms with van der Waals surface area (Å²) in [4.78, 5) is 12.1. The molecule has 2 rings (SSSR count). The lowest BCUT2D eigenvalue weighted by Gasteiger charge is -2.33. The largest absolute Gasteiger partial charge is 0.365 e. The van der Waals surface area contributed by atoms with Crippen LogP contribution in [0.15, 0.2) is 22.7 Å². The molecule has 0 spiro atoms. The molecule has 0 N–H and O–H groups in total. The number of halogens is 3. The molecule has 0 bridgehead atoms. The fourth-order valence-electron chi connectivity index (χ4n) is 2.02. The van der Waals surface area contributed by atoms with Crippen molar-refractivity contribution in [3.8, 4) is 0 Å². The van der Waals surface area contributed by atoms with Crippen LogP contribution in [0.25, 0.3) is 0 Å². The first-order valence-electron chi connectivity index (χ1n) is 5.46. The molecule has 0 aliphatic carbocycles. The molecule has 98 valence electrons. The summed E-state index contributed by atoms with van der Waals surface area (Å²) in [5.41, 5.74) is 0.326. The number of benzene rings is 1. The van der Waals surface area contributed by atoms with E-state index in [0.717, 1.165) is 0 Å². The van der Waals surface area contributed by atoms with Gasteiger partial charge in [0.1, 0.15) is 5.69 Å². The Kier molecular flexibility index (Phi) is 3.52. The van der Waals surface area contributed by atoms with E-state index in [0.29, 0.717) is 10.2 Å². The van der Waals surface area contributed by atoms with Gasteiger partial charge in [0.25, 0.3) is 11.6 Å². The molecule has 0 amide bonds. The van der Waals surface area contributed by atoms with Crippen LogP contribution in [0, 0.1) is 10.1 Å². The van der Waals surface area contributed by atoms with Gasteiger partial charge in [-0.05, 0) is 22.0 Å². The van der Waals surface area contributed by atoms with Crippen molar-refractivity contribution < 1.29 is 13.7 Å². The average molecular weight is 321 g/mol. The summed E-state index contributed by atoms with van der Waals surface area (Å²) in [6, 6.07) is 4.62. The fraction of sp³-hybridized carbons (Fsp3) is 0.455. The minimum atomic E-state index is -2.66. The van der Waals surface area contributed by atoms with E-state index in [1.807, 2.05) is 0 Å². The van der Waals surface area contributed by atoms with Crippen molar-refractivity contribution in [2.45, 2.75) is 18.8 Å². The van der Waals surface area contributed by atoms with Crippen molar-refractivity contribution in [3.05, 3.63) is 32.8 Å². The molecule has 0 radical (unpaired) electrons. The predicted molar refractivity (Wildman–Crippen MR) is 67.2 cm³/mol. The van der Waals surface area contributed by atoms with Crippen molar-refractivity contribution in [2.75, 3.05) is 18.0 Å². The summed E-state index contributed by atoms with van der Waals surface area (Å²) in [6.07, 6.45) is -0.545. The molecule has 0 saturated carbocycles. The van der Waals surface area contributed by atoms with E-state index in [1.54, 1.807) is 17.0 Å². The molecular weight excluding hydrogens is 310 g/mol. The van der Waals surface area contributed by atoms with Gasteiger partial charge in [0.15, 0.2) is 0 Å². The maximum atomic E-state index is 13.1. The van der Waals surface area contributed by atoms with Gasteiger partial charge >= 0.3 is 0 Å². The molecule has 1 saturated heterocycles. The zero-order valence-corrected chi connectivity index (χ0v) is 11.0. The minimum Gasteiger partial charge on any atom is -0.365 e. The molecule has 7 heteroatoms. The zero-order chi connectivity index (χ0) is 13.3. The topological polar surface area (TPSA) is 46.4 Å². The standard InChI is InChI=1S/C11H11BrF2N2O2/c12-8-2-1-3-9(16(17)18)10(8)15-6-4-11(13,14)5-7-15/h1-3H,4-7H2. The first kappa shape index (κ1) is 13.2. The maximum absolute atomic E-state index is 13.1. The lowest BCUT2D eigenvalue weighted by Crippen LogP contribution is -2.39. The molecule has 0 unspecified atom stereocenters. The molecule has 4 nitrogen and oxygen atoms in total. The summed E-state index contributed by atoms with van der Waals surface area (Å²) < 4.78 is 26.7. The third kappa shape index (κ3) is 2.60. The van der Waals surface area contributed by atoms with Crippen LogP contribution in [0.4, 0.5) is 20.2 Å². The maximum Gasteiger partial charge on any atom is 0.293 e. The Balaban J connectivity index is 2.31. The number of anilines is 1. The van der Waals surface area contributed by atoms with Gasteiger partial charge in [-0.1, -0.05) is 6.07 Å². The number of nitro benzene ring substituents is 1. The van der Waals surface area contributed by atoms with Crippen LogP contribution in [0.5, 0.6) is 0 Å². The van der Waals surface area contributed by atoms with Crippen LogP contribution < -0.4 is 4.90 Å².